The molecule has 1 saturated heterocycles. The first-order valence-electron chi connectivity index (χ1n) is 7.38. The molecule has 2 heteroatoms. The standard InChI is InChI=1S/C6H9N.C6H13N.2C2H6/c1-6-3-4-7(2)5-6;1-6-4-3-5-7(6)2;2*1-2/h3-5H,1-2H3;6H,3-5H2,1-2H3;2*1-2H3. The Kier molecular flexibility index (Phi) is 13.8. The third-order valence-corrected chi connectivity index (χ3v) is 2.87. The smallest absolute Gasteiger partial charge is 0.0106 e. The topological polar surface area (TPSA) is 8.17 Å². The molecule has 1 aliphatic rings. The first-order valence-corrected chi connectivity index (χ1v) is 7.38. The fourth-order valence-electron chi connectivity index (χ4n) is 1.72. The van der Waals surface area contributed by atoms with Gasteiger partial charge >= 0.3 is 0 Å². The number of aromatic nitrogens is 1. The monoisotopic (exact) mass is 254 g/mol. The largest absolute Gasteiger partial charge is 0.357 e. The van der Waals surface area contributed by atoms with Gasteiger partial charge in [0.15, 0.2) is 0 Å². The second-order valence-electron chi connectivity index (χ2n) is 4.33. The van der Waals surface area contributed by atoms with E-state index in [0.29, 0.717) is 0 Å². The molecule has 1 unspecified atom stereocenters. The Morgan fingerprint density at radius 3 is 1.78 bits per heavy atom. The number of hydrogen-bond donors (Lipinski definition) is 0. The van der Waals surface area contributed by atoms with Crippen LogP contribution in [-0.2, 0) is 7.05 Å². The zero-order valence-corrected chi connectivity index (χ0v) is 13.8. The second kappa shape index (κ2) is 12.7. The normalized spacial score (nSPS) is 17.7. The fourth-order valence-corrected chi connectivity index (χ4v) is 1.72. The van der Waals surface area contributed by atoms with Crippen LogP contribution in [0.25, 0.3) is 0 Å². The SMILES string of the molecule is CC.CC.CC1CCCN1C.Cc1ccn(C)c1. The summed E-state index contributed by atoms with van der Waals surface area (Å²) in [7, 11) is 4.21. The maximum absolute atomic E-state index is 2.40. The van der Waals surface area contributed by atoms with Crippen LogP contribution in [0.4, 0.5) is 0 Å². The van der Waals surface area contributed by atoms with E-state index in [9.17, 15) is 0 Å². The summed E-state index contributed by atoms with van der Waals surface area (Å²) in [6.07, 6.45) is 6.92. The van der Waals surface area contributed by atoms with Crippen LogP contribution in [0, 0.1) is 6.92 Å². The van der Waals surface area contributed by atoms with Gasteiger partial charge in [-0.3, -0.25) is 0 Å². The molecule has 1 atom stereocenters. The molecule has 0 bridgehead atoms. The minimum atomic E-state index is 0.847. The zero-order chi connectivity index (χ0) is 14.6. The lowest BCUT2D eigenvalue weighted by molar-refractivity contribution is 0.331. The lowest BCUT2D eigenvalue weighted by Gasteiger charge is -2.12. The Bertz CT molecular complexity index is 241. The molecule has 0 aromatic carbocycles. The Morgan fingerprint density at radius 1 is 1.11 bits per heavy atom. The summed E-state index contributed by atoms with van der Waals surface area (Å²) in [6.45, 7) is 13.7. The average Bonchev–Trinajstić information content (AvgIpc) is 2.95. The average molecular weight is 254 g/mol. The molecule has 0 spiro atoms. The van der Waals surface area contributed by atoms with Gasteiger partial charge in [0.1, 0.15) is 0 Å². The molecule has 0 radical (unpaired) electrons. The van der Waals surface area contributed by atoms with Gasteiger partial charge in [-0.15, -0.1) is 0 Å². The van der Waals surface area contributed by atoms with Crippen LogP contribution in [0.1, 0.15) is 53.0 Å². The van der Waals surface area contributed by atoms with Crippen LogP contribution < -0.4 is 0 Å². The van der Waals surface area contributed by atoms with Crippen molar-refractivity contribution in [1.82, 2.24) is 9.47 Å². The summed E-state index contributed by atoms with van der Waals surface area (Å²) in [5, 5.41) is 0. The van der Waals surface area contributed by atoms with Crippen LogP contribution in [0.2, 0.25) is 0 Å². The summed E-state index contributed by atoms with van der Waals surface area (Å²) in [5.74, 6) is 0. The van der Waals surface area contributed by atoms with E-state index in [2.05, 4.69) is 38.1 Å². The van der Waals surface area contributed by atoms with Gasteiger partial charge in [0.2, 0.25) is 0 Å². The van der Waals surface area contributed by atoms with Crippen LogP contribution in [-0.4, -0.2) is 29.1 Å². The third kappa shape index (κ3) is 9.29. The molecule has 2 rings (SSSR count). The molecule has 1 aromatic rings. The van der Waals surface area contributed by atoms with E-state index in [1.807, 2.05) is 45.5 Å². The molecule has 0 amide bonds. The van der Waals surface area contributed by atoms with E-state index in [1.54, 1.807) is 0 Å². The van der Waals surface area contributed by atoms with Crippen molar-refractivity contribution < 1.29 is 0 Å². The van der Waals surface area contributed by atoms with Gasteiger partial charge in [-0.2, -0.15) is 0 Å². The predicted octanol–water partition coefficient (Wildman–Crippen LogP) is 4.49. The fraction of sp³-hybridized carbons (Fsp3) is 0.750. The first kappa shape index (κ1) is 19.6. The Balaban J connectivity index is 0. The minimum Gasteiger partial charge on any atom is -0.357 e. The van der Waals surface area contributed by atoms with Crippen LogP contribution in [0.15, 0.2) is 18.5 Å². The highest BCUT2D eigenvalue weighted by molar-refractivity contribution is 5.06. The van der Waals surface area contributed by atoms with Crippen molar-refractivity contribution in [3.63, 3.8) is 0 Å². The lowest BCUT2D eigenvalue weighted by atomic mass is 10.3. The molecule has 0 aliphatic carbocycles. The molecular weight excluding hydrogens is 220 g/mol. The molecule has 18 heavy (non-hydrogen) atoms. The molecule has 2 nitrogen and oxygen atoms in total. The van der Waals surface area contributed by atoms with E-state index in [1.165, 1.54) is 24.9 Å². The van der Waals surface area contributed by atoms with Crippen molar-refractivity contribution in [3.05, 3.63) is 24.0 Å². The van der Waals surface area contributed by atoms with E-state index in [0.717, 1.165) is 6.04 Å². The van der Waals surface area contributed by atoms with Gasteiger partial charge in [0.05, 0.1) is 0 Å². The lowest BCUT2D eigenvalue weighted by Crippen LogP contribution is -2.20. The number of nitrogens with zero attached hydrogens (tertiary/aromatic N) is 2. The molecule has 1 fully saturated rings. The second-order valence-corrected chi connectivity index (χ2v) is 4.33. The highest BCUT2D eigenvalue weighted by Gasteiger charge is 2.14. The molecule has 108 valence electrons. The number of hydrogen-bond acceptors (Lipinski definition) is 1. The quantitative estimate of drug-likeness (QED) is 0.662. The summed E-state index contributed by atoms with van der Waals surface area (Å²) in [4.78, 5) is 2.40. The van der Waals surface area contributed by atoms with E-state index < -0.39 is 0 Å². The third-order valence-electron chi connectivity index (χ3n) is 2.87. The first-order chi connectivity index (χ1) is 8.59. The number of aryl methyl sites for hydroxylation is 2. The van der Waals surface area contributed by atoms with Gasteiger partial charge < -0.3 is 9.47 Å². The minimum absolute atomic E-state index is 0.847. The molecule has 1 aromatic heterocycles. The van der Waals surface area contributed by atoms with Crippen molar-refractivity contribution in [1.29, 1.82) is 0 Å². The Hall–Kier alpha value is -0.760. The molecule has 0 saturated carbocycles. The summed E-state index contributed by atoms with van der Waals surface area (Å²) < 4.78 is 2.04. The molecular formula is C16H34N2. The Labute approximate surface area is 115 Å². The number of likely N-dealkylation sites (tertiary alicyclic amines) is 1. The van der Waals surface area contributed by atoms with E-state index in [-0.39, 0.29) is 0 Å². The maximum atomic E-state index is 2.40. The zero-order valence-electron chi connectivity index (χ0n) is 13.8. The van der Waals surface area contributed by atoms with Crippen molar-refractivity contribution >= 4 is 0 Å². The molecule has 2 heterocycles. The number of rotatable bonds is 0. The van der Waals surface area contributed by atoms with Crippen molar-refractivity contribution in [2.45, 2.75) is 60.4 Å². The summed E-state index contributed by atoms with van der Waals surface area (Å²) in [6, 6.07) is 2.93. The summed E-state index contributed by atoms with van der Waals surface area (Å²) >= 11 is 0. The van der Waals surface area contributed by atoms with Gasteiger partial charge in [-0.05, 0) is 51.9 Å². The van der Waals surface area contributed by atoms with Crippen molar-refractivity contribution in [3.8, 4) is 0 Å². The Morgan fingerprint density at radius 2 is 1.67 bits per heavy atom. The summed E-state index contributed by atoms with van der Waals surface area (Å²) in [5.41, 5.74) is 1.32. The highest BCUT2D eigenvalue weighted by atomic mass is 15.1. The maximum Gasteiger partial charge on any atom is 0.0106 e. The van der Waals surface area contributed by atoms with Crippen LogP contribution in [0.5, 0.6) is 0 Å². The van der Waals surface area contributed by atoms with E-state index >= 15 is 0 Å². The highest BCUT2D eigenvalue weighted by Crippen LogP contribution is 2.12. The van der Waals surface area contributed by atoms with Crippen LogP contribution >= 0.6 is 0 Å². The van der Waals surface area contributed by atoms with Crippen molar-refractivity contribution in [2.75, 3.05) is 13.6 Å². The van der Waals surface area contributed by atoms with Gasteiger partial charge in [-0.25, -0.2) is 0 Å². The molecule has 1 aliphatic heterocycles. The van der Waals surface area contributed by atoms with Crippen molar-refractivity contribution in [2.24, 2.45) is 7.05 Å². The van der Waals surface area contributed by atoms with Gasteiger partial charge in [-0.1, -0.05) is 27.7 Å². The van der Waals surface area contributed by atoms with Crippen LogP contribution in [0.3, 0.4) is 0 Å². The molecule has 0 N–H and O–H groups in total. The van der Waals surface area contributed by atoms with Gasteiger partial charge in [0.25, 0.3) is 0 Å². The van der Waals surface area contributed by atoms with Gasteiger partial charge in [0, 0.05) is 25.5 Å². The van der Waals surface area contributed by atoms with E-state index in [4.69, 9.17) is 0 Å². The predicted molar refractivity (Wildman–Crippen MR) is 84.2 cm³/mol.